The van der Waals surface area contributed by atoms with E-state index in [-0.39, 0.29) is 0 Å². The van der Waals surface area contributed by atoms with E-state index in [4.69, 9.17) is 4.52 Å². The van der Waals surface area contributed by atoms with Crippen LogP contribution in [0.25, 0.3) is 0 Å². The third kappa shape index (κ3) is 2.45. The number of fused-ring (bicyclic) bond motifs is 1. The molecular formula is C14H23N3O. The van der Waals surface area contributed by atoms with Gasteiger partial charge in [0.15, 0.2) is 0 Å². The van der Waals surface area contributed by atoms with Crippen LogP contribution in [0.5, 0.6) is 0 Å². The normalized spacial score (nSPS) is 30.3. The van der Waals surface area contributed by atoms with Crippen molar-refractivity contribution < 1.29 is 4.52 Å². The lowest BCUT2D eigenvalue weighted by atomic mass is 9.97. The molecule has 2 unspecified atom stereocenters. The molecule has 0 aromatic carbocycles. The lowest BCUT2D eigenvalue weighted by Gasteiger charge is -2.47. The maximum atomic E-state index is 5.16. The second-order valence-corrected chi connectivity index (χ2v) is 5.85. The van der Waals surface area contributed by atoms with Crippen molar-refractivity contribution >= 4 is 0 Å². The molecule has 2 fully saturated rings. The predicted molar refractivity (Wildman–Crippen MR) is 70.3 cm³/mol. The molecule has 1 aromatic rings. The van der Waals surface area contributed by atoms with Crippen LogP contribution in [0.1, 0.15) is 37.6 Å². The van der Waals surface area contributed by atoms with Crippen LogP contribution in [0.2, 0.25) is 0 Å². The Kier molecular flexibility index (Phi) is 3.39. The Morgan fingerprint density at radius 1 is 1.39 bits per heavy atom. The summed E-state index contributed by atoms with van der Waals surface area (Å²) in [5.41, 5.74) is 1.07. The third-order valence-electron chi connectivity index (χ3n) is 4.36. The molecule has 0 saturated carbocycles. The monoisotopic (exact) mass is 249 g/mol. The quantitative estimate of drug-likeness (QED) is 0.803. The molecule has 4 nitrogen and oxygen atoms in total. The van der Waals surface area contributed by atoms with Crippen molar-refractivity contribution in [2.45, 2.75) is 51.7 Å². The first-order valence-corrected chi connectivity index (χ1v) is 7.12. The molecule has 3 rings (SSSR count). The maximum Gasteiger partial charge on any atom is 0.133 e. The Balaban J connectivity index is 1.65. The topological polar surface area (TPSA) is 32.5 Å². The van der Waals surface area contributed by atoms with Gasteiger partial charge in [0.25, 0.3) is 0 Å². The summed E-state index contributed by atoms with van der Waals surface area (Å²) in [5, 5.41) is 4.12. The Bertz CT molecular complexity index is 403. The van der Waals surface area contributed by atoms with E-state index < -0.39 is 0 Å². The summed E-state index contributed by atoms with van der Waals surface area (Å²) in [7, 11) is 0. The molecule has 0 aliphatic carbocycles. The van der Waals surface area contributed by atoms with Gasteiger partial charge in [0.05, 0.1) is 5.69 Å². The van der Waals surface area contributed by atoms with Crippen LogP contribution in [-0.4, -0.2) is 46.7 Å². The molecule has 18 heavy (non-hydrogen) atoms. The molecule has 4 heteroatoms. The zero-order valence-corrected chi connectivity index (χ0v) is 11.4. The van der Waals surface area contributed by atoms with Gasteiger partial charge in [0.1, 0.15) is 5.76 Å². The van der Waals surface area contributed by atoms with Gasteiger partial charge in [-0.2, -0.15) is 0 Å². The molecule has 2 aliphatic heterocycles. The average Bonchev–Trinajstić information content (AvgIpc) is 2.76. The summed E-state index contributed by atoms with van der Waals surface area (Å²) >= 11 is 0. The zero-order valence-electron chi connectivity index (χ0n) is 11.4. The van der Waals surface area contributed by atoms with E-state index in [1.807, 2.05) is 6.92 Å². The number of nitrogens with zero attached hydrogens (tertiary/aromatic N) is 3. The van der Waals surface area contributed by atoms with Crippen LogP contribution in [0.3, 0.4) is 0 Å². The van der Waals surface area contributed by atoms with Crippen LogP contribution in [-0.2, 0) is 6.54 Å². The van der Waals surface area contributed by atoms with Gasteiger partial charge in [-0.25, -0.2) is 0 Å². The van der Waals surface area contributed by atoms with E-state index in [1.54, 1.807) is 0 Å². The van der Waals surface area contributed by atoms with Crippen molar-refractivity contribution in [2.75, 3.05) is 19.6 Å². The first kappa shape index (κ1) is 12.2. The highest BCUT2D eigenvalue weighted by Crippen LogP contribution is 2.25. The molecule has 1 aromatic heterocycles. The van der Waals surface area contributed by atoms with E-state index in [2.05, 4.69) is 27.9 Å². The van der Waals surface area contributed by atoms with E-state index in [0.29, 0.717) is 6.04 Å². The number of rotatable bonds is 2. The van der Waals surface area contributed by atoms with Crippen LogP contribution in [0.15, 0.2) is 10.6 Å². The Hall–Kier alpha value is -0.870. The van der Waals surface area contributed by atoms with Gasteiger partial charge in [0.2, 0.25) is 0 Å². The van der Waals surface area contributed by atoms with E-state index in [0.717, 1.165) is 24.0 Å². The van der Waals surface area contributed by atoms with Crippen molar-refractivity contribution in [3.63, 3.8) is 0 Å². The lowest BCUT2D eigenvalue weighted by molar-refractivity contribution is 0.0101. The third-order valence-corrected chi connectivity index (χ3v) is 4.36. The van der Waals surface area contributed by atoms with Gasteiger partial charge in [-0.1, -0.05) is 11.6 Å². The Labute approximate surface area is 109 Å². The van der Waals surface area contributed by atoms with Crippen molar-refractivity contribution in [3.05, 3.63) is 17.5 Å². The number of aryl methyl sites for hydroxylation is 1. The highest BCUT2D eigenvalue weighted by Gasteiger charge is 2.33. The smallest absolute Gasteiger partial charge is 0.133 e. The number of hydrogen-bond acceptors (Lipinski definition) is 4. The number of piperazine rings is 1. The van der Waals surface area contributed by atoms with Gasteiger partial charge in [-0.15, -0.1) is 0 Å². The second-order valence-electron chi connectivity index (χ2n) is 5.85. The summed E-state index contributed by atoms with van der Waals surface area (Å²) in [6.07, 6.45) is 4.14. The molecule has 0 N–H and O–H groups in total. The van der Waals surface area contributed by atoms with Crippen molar-refractivity contribution in [2.24, 2.45) is 0 Å². The minimum atomic E-state index is 0.622. The highest BCUT2D eigenvalue weighted by atomic mass is 16.5. The van der Waals surface area contributed by atoms with Gasteiger partial charge in [-0.3, -0.25) is 9.80 Å². The largest absolute Gasteiger partial charge is 0.361 e. The minimum absolute atomic E-state index is 0.622. The summed E-state index contributed by atoms with van der Waals surface area (Å²) in [6, 6.07) is 3.44. The number of hydrogen-bond donors (Lipinski definition) is 0. The van der Waals surface area contributed by atoms with Crippen molar-refractivity contribution in [1.29, 1.82) is 0 Å². The fourth-order valence-electron chi connectivity index (χ4n) is 3.33. The van der Waals surface area contributed by atoms with Crippen LogP contribution in [0.4, 0.5) is 0 Å². The molecule has 0 radical (unpaired) electrons. The number of piperidine rings is 1. The van der Waals surface area contributed by atoms with Gasteiger partial charge in [-0.05, 0) is 33.2 Å². The Morgan fingerprint density at radius 3 is 3.06 bits per heavy atom. The summed E-state index contributed by atoms with van der Waals surface area (Å²) in [5.74, 6) is 0.911. The molecule has 2 saturated heterocycles. The molecule has 100 valence electrons. The van der Waals surface area contributed by atoms with E-state index in [1.165, 1.54) is 38.9 Å². The second kappa shape index (κ2) is 5.02. The fraction of sp³-hybridized carbons (Fsp3) is 0.786. The summed E-state index contributed by atoms with van der Waals surface area (Å²) in [6.45, 7) is 8.92. The summed E-state index contributed by atoms with van der Waals surface area (Å²) in [4.78, 5) is 5.24. The maximum absolute atomic E-state index is 5.16. The molecule has 0 bridgehead atoms. The van der Waals surface area contributed by atoms with Crippen LogP contribution in [0, 0.1) is 6.92 Å². The van der Waals surface area contributed by atoms with E-state index >= 15 is 0 Å². The Morgan fingerprint density at radius 2 is 2.28 bits per heavy atom. The van der Waals surface area contributed by atoms with Gasteiger partial charge < -0.3 is 4.52 Å². The van der Waals surface area contributed by atoms with Gasteiger partial charge >= 0.3 is 0 Å². The molecule has 2 atom stereocenters. The van der Waals surface area contributed by atoms with Crippen LogP contribution < -0.4 is 0 Å². The highest BCUT2D eigenvalue weighted by molar-refractivity contribution is 5.04. The molecule has 3 heterocycles. The van der Waals surface area contributed by atoms with Crippen molar-refractivity contribution in [3.8, 4) is 0 Å². The molecule has 2 aliphatic rings. The number of aromatic nitrogens is 1. The predicted octanol–water partition coefficient (Wildman–Crippen LogP) is 2.04. The standard InChI is InChI=1S/C14H23N3O/c1-11-8-16-6-4-3-5-14(16)10-17(11)9-13-7-12(2)18-15-13/h7,11,14H,3-6,8-10H2,1-2H3. The van der Waals surface area contributed by atoms with Crippen LogP contribution >= 0.6 is 0 Å². The lowest BCUT2D eigenvalue weighted by Crippen LogP contribution is -2.58. The molecule has 0 spiro atoms. The van der Waals surface area contributed by atoms with Gasteiger partial charge in [0, 0.05) is 37.8 Å². The zero-order chi connectivity index (χ0) is 12.5. The minimum Gasteiger partial charge on any atom is -0.361 e. The molecule has 0 amide bonds. The first-order chi connectivity index (χ1) is 8.72. The van der Waals surface area contributed by atoms with Crippen molar-refractivity contribution in [1.82, 2.24) is 15.0 Å². The molecular weight excluding hydrogens is 226 g/mol. The first-order valence-electron chi connectivity index (χ1n) is 7.12. The SMILES string of the molecule is Cc1cc(CN2CC3CCCCN3CC2C)no1. The summed E-state index contributed by atoms with van der Waals surface area (Å²) < 4.78 is 5.16. The van der Waals surface area contributed by atoms with E-state index in [9.17, 15) is 0 Å². The fourth-order valence-corrected chi connectivity index (χ4v) is 3.33. The average molecular weight is 249 g/mol.